The first-order valence-electron chi connectivity index (χ1n) is 10.1. The summed E-state index contributed by atoms with van der Waals surface area (Å²) >= 11 is 1.46. The Balaban J connectivity index is 1.65. The molecule has 2 aliphatic heterocycles. The minimum Gasteiger partial charge on any atom is -0.310 e. The van der Waals surface area contributed by atoms with Gasteiger partial charge in [0.25, 0.3) is 0 Å². The smallest absolute Gasteiger partial charge is 0.310 e. The Kier molecular flexibility index (Phi) is 5.69. The molecule has 0 fully saturated rings. The van der Waals surface area contributed by atoms with Gasteiger partial charge in [-0.25, -0.2) is 9.48 Å². The lowest BCUT2D eigenvalue weighted by Gasteiger charge is -2.23. The lowest BCUT2D eigenvalue weighted by molar-refractivity contribution is -0.137. The summed E-state index contributed by atoms with van der Waals surface area (Å²) in [4.78, 5) is 27.8. The molecule has 1 aromatic carbocycles. The van der Waals surface area contributed by atoms with Crippen molar-refractivity contribution in [1.29, 1.82) is 0 Å². The predicted octanol–water partition coefficient (Wildman–Crippen LogP) is 3.71. The van der Waals surface area contributed by atoms with Gasteiger partial charge in [0.05, 0.1) is 11.3 Å². The Morgan fingerprint density at radius 2 is 2.03 bits per heavy atom. The highest BCUT2D eigenvalue weighted by Crippen LogP contribution is 2.41. The summed E-state index contributed by atoms with van der Waals surface area (Å²) in [7, 11) is 0. The van der Waals surface area contributed by atoms with Crippen LogP contribution in [0, 0.1) is 0 Å². The molecule has 1 unspecified atom stereocenters. The van der Waals surface area contributed by atoms with Gasteiger partial charge in [-0.15, -0.1) is 11.8 Å². The molecule has 1 aromatic heterocycles. The van der Waals surface area contributed by atoms with E-state index in [2.05, 4.69) is 5.10 Å². The summed E-state index contributed by atoms with van der Waals surface area (Å²) in [6.45, 7) is 2.58. The average Bonchev–Trinajstić information content (AvgIpc) is 2.86. The van der Waals surface area contributed by atoms with E-state index in [-0.39, 0.29) is 23.2 Å². The number of carbonyl (C=O) groups excluding carboxylic acids is 1. The third-order valence-electron chi connectivity index (χ3n) is 5.53. The van der Waals surface area contributed by atoms with Gasteiger partial charge in [-0.05, 0) is 37.5 Å². The van der Waals surface area contributed by atoms with Crippen molar-refractivity contribution in [2.75, 3.05) is 11.4 Å². The van der Waals surface area contributed by atoms with E-state index in [9.17, 15) is 22.8 Å². The highest BCUT2D eigenvalue weighted by molar-refractivity contribution is 8.00. The van der Waals surface area contributed by atoms with Gasteiger partial charge >= 0.3 is 11.9 Å². The van der Waals surface area contributed by atoms with E-state index in [4.69, 9.17) is 0 Å². The number of rotatable bonds is 2. The van der Waals surface area contributed by atoms with E-state index in [1.54, 1.807) is 4.57 Å². The molecule has 1 atom stereocenters. The molecule has 0 saturated carbocycles. The second-order valence-electron chi connectivity index (χ2n) is 7.76. The van der Waals surface area contributed by atoms with Crippen molar-refractivity contribution in [2.24, 2.45) is 0 Å². The number of halogens is 3. The van der Waals surface area contributed by atoms with Gasteiger partial charge in [0.15, 0.2) is 0 Å². The molecule has 6 nitrogen and oxygen atoms in total. The van der Waals surface area contributed by atoms with E-state index in [0.717, 1.165) is 36.1 Å². The monoisotopic (exact) mass is 440 g/mol. The lowest BCUT2D eigenvalue weighted by atomic mass is 10.1. The third kappa shape index (κ3) is 4.14. The van der Waals surface area contributed by atoms with Crippen LogP contribution in [0.2, 0.25) is 0 Å². The fourth-order valence-corrected chi connectivity index (χ4v) is 5.01. The van der Waals surface area contributed by atoms with Crippen molar-refractivity contribution in [3.8, 4) is 0 Å². The number of thioether (sulfide) groups is 1. The van der Waals surface area contributed by atoms with Crippen molar-refractivity contribution in [3.05, 3.63) is 40.1 Å². The molecule has 162 valence electrons. The Bertz CT molecular complexity index is 1010. The third-order valence-corrected chi connectivity index (χ3v) is 6.77. The fourth-order valence-electron chi connectivity index (χ4n) is 3.91. The van der Waals surface area contributed by atoms with Crippen LogP contribution in [0.3, 0.4) is 0 Å². The summed E-state index contributed by atoms with van der Waals surface area (Å²) in [5.74, 6) is 0.241. The lowest BCUT2D eigenvalue weighted by Crippen LogP contribution is -2.38. The van der Waals surface area contributed by atoms with Crippen LogP contribution >= 0.6 is 11.8 Å². The zero-order chi connectivity index (χ0) is 21.5. The summed E-state index contributed by atoms with van der Waals surface area (Å²) in [6, 6.07) is 3.50. The number of amides is 1. The maximum absolute atomic E-state index is 13.3. The van der Waals surface area contributed by atoms with Crippen LogP contribution in [0.4, 0.5) is 18.9 Å². The van der Waals surface area contributed by atoms with Crippen molar-refractivity contribution >= 4 is 23.4 Å². The highest BCUT2D eigenvalue weighted by Gasteiger charge is 2.33. The Morgan fingerprint density at radius 1 is 1.23 bits per heavy atom. The second-order valence-corrected chi connectivity index (χ2v) is 9.24. The van der Waals surface area contributed by atoms with Crippen LogP contribution in [0.5, 0.6) is 0 Å². The number of hydrogen-bond donors (Lipinski definition) is 0. The van der Waals surface area contributed by atoms with E-state index < -0.39 is 17.6 Å². The Morgan fingerprint density at radius 3 is 2.80 bits per heavy atom. The molecule has 0 radical (unpaired) electrons. The van der Waals surface area contributed by atoms with Crippen LogP contribution in [0.25, 0.3) is 0 Å². The molecular weight excluding hydrogens is 417 g/mol. The molecule has 0 spiro atoms. The zero-order valence-corrected chi connectivity index (χ0v) is 17.4. The van der Waals surface area contributed by atoms with Crippen LogP contribution in [-0.2, 0) is 30.5 Å². The zero-order valence-electron chi connectivity index (χ0n) is 16.6. The largest absolute Gasteiger partial charge is 0.416 e. The van der Waals surface area contributed by atoms with E-state index in [1.165, 1.54) is 22.7 Å². The normalized spacial score (nSPS) is 19.6. The molecule has 0 bridgehead atoms. The molecule has 1 amide bonds. The molecule has 30 heavy (non-hydrogen) atoms. The molecule has 4 rings (SSSR count). The second kappa shape index (κ2) is 8.13. The van der Waals surface area contributed by atoms with Crippen molar-refractivity contribution in [3.63, 3.8) is 0 Å². The summed E-state index contributed by atoms with van der Waals surface area (Å²) in [6.07, 6.45) is -0.303. The number of anilines is 1. The van der Waals surface area contributed by atoms with Gasteiger partial charge < -0.3 is 4.90 Å². The van der Waals surface area contributed by atoms with Gasteiger partial charge in [0.2, 0.25) is 5.91 Å². The minimum absolute atomic E-state index is 0.157. The quantitative estimate of drug-likeness (QED) is 0.715. The molecule has 3 heterocycles. The first-order chi connectivity index (χ1) is 14.2. The van der Waals surface area contributed by atoms with Gasteiger partial charge in [-0.1, -0.05) is 13.3 Å². The maximum Gasteiger partial charge on any atom is 0.416 e. The van der Waals surface area contributed by atoms with Gasteiger partial charge in [0.1, 0.15) is 12.4 Å². The van der Waals surface area contributed by atoms with E-state index in [1.807, 2.05) is 6.92 Å². The first kappa shape index (κ1) is 21.0. The number of fused-ring (bicyclic) bond motifs is 2. The van der Waals surface area contributed by atoms with Gasteiger partial charge in [0, 0.05) is 29.7 Å². The minimum atomic E-state index is -4.50. The number of carbonyl (C=O) groups is 1. The van der Waals surface area contributed by atoms with Crippen LogP contribution in [-0.4, -0.2) is 32.0 Å². The summed E-state index contributed by atoms with van der Waals surface area (Å²) in [5.41, 5.74) is -0.875. The number of aryl methyl sites for hydroxylation is 1. The predicted molar refractivity (Wildman–Crippen MR) is 108 cm³/mol. The molecular formula is C20H23F3N4O2S. The fraction of sp³-hybridized carbons (Fsp3) is 0.550. The molecule has 2 aliphatic rings. The Labute approximate surface area is 176 Å². The highest BCUT2D eigenvalue weighted by atomic mass is 32.2. The number of alkyl halides is 3. The van der Waals surface area contributed by atoms with Crippen LogP contribution in [0.15, 0.2) is 27.9 Å². The number of nitrogens with zero attached hydrogens (tertiary/aromatic N) is 4. The molecule has 0 N–H and O–H groups in total. The van der Waals surface area contributed by atoms with Gasteiger partial charge in [-0.3, -0.25) is 9.36 Å². The standard InChI is InChI=1S/C20H23F3N4O2S/c1-13-8-10-25(15-11-14(20(21,22)23)6-7-16(15)30-13)18(28)12-27-19(29)26-9-4-2-3-5-17(26)24-27/h6-7,11,13H,2-5,8-10,12H2,1H3. The topological polar surface area (TPSA) is 60.1 Å². The van der Waals surface area contributed by atoms with Crippen molar-refractivity contribution in [1.82, 2.24) is 14.3 Å². The molecule has 0 aliphatic carbocycles. The molecule has 10 heteroatoms. The van der Waals surface area contributed by atoms with Crippen LogP contribution < -0.4 is 10.6 Å². The van der Waals surface area contributed by atoms with Crippen LogP contribution in [0.1, 0.15) is 44.0 Å². The average molecular weight is 440 g/mol. The molecule has 2 aromatic rings. The SMILES string of the molecule is CC1CCN(C(=O)Cn2nc3n(c2=O)CCCCC3)c2cc(C(F)(F)F)ccc2S1. The van der Waals surface area contributed by atoms with Crippen molar-refractivity contribution in [2.45, 2.75) is 68.4 Å². The Hall–Kier alpha value is -2.23. The summed E-state index contributed by atoms with van der Waals surface area (Å²) in [5, 5.41) is 4.49. The first-order valence-corrected chi connectivity index (χ1v) is 11.0. The molecule has 0 saturated heterocycles. The van der Waals surface area contributed by atoms with E-state index >= 15 is 0 Å². The van der Waals surface area contributed by atoms with Gasteiger partial charge in [-0.2, -0.15) is 18.3 Å². The van der Waals surface area contributed by atoms with Crippen molar-refractivity contribution < 1.29 is 18.0 Å². The van der Waals surface area contributed by atoms with E-state index in [0.29, 0.717) is 36.7 Å². The number of benzene rings is 1. The number of hydrogen-bond acceptors (Lipinski definition) is 4. The summed E-state index contributed by atoms with van der Waals surface area (Å²) < 4.78 is 42.5. The number of aromatic nitrogens is 3. The maximum atomic E-state index is 13.3.